The molecule has 4 rings (SSSR count). The van der Waals surface area contributed by atoms with Gasteiger partial charge in [0.2, 0.25) is 0 Å². The number of thiazole rings is 1. The van der Waals surface area contributed by atoms with Crippen molar-refractivity contribution in [2.45, 2.75) is 0 Å². The second-order valence-electron chi connectivity index (χ2n) is 6.06. The van der Waals surface area contributed by atoms with E-state index >= 15 is 0 Å². The minimum absolute atomic E-state index is 0.144. The van der Waals surface area contributed by atoms with E-state index in [1.165, 1.54) is 24.7 Å². The van der Waals surface area contributed by atoms with Crippen LogP contribution in [-0.4, -0.2) is 28.9 Å². The number of carboxylic acids is 1. The molecule has 0 aliphatic rings. The average molecular weight is 425 g/mol. The van der Waals surface area contributed by atoms with Gasteiger partial charge >= 0.3 is 5.97 Å². The summed E-state index contributed by atoms with van der Waals surface area (Å²) in [5, 5.41) is 10.2. The van der Waals surface area contributed by atoms with Crippen molar-refractivity contribution in [3.63, 3.8) is 0 Å². The highest BCUT2D eigenvalue weighted by Crippen LogP contribution is 2.35. The van der Waals surface area contributed by atoms with Crippen molar-refractivity contribution < 1.29 is 19.1 Å². The first kappa shape index (κ1) is 19.2. The number of thioether (sulfide) groups is 1. The van der Waals surface area contributed by atoms with E-state index in [-0.39, 0.29) is 11.2 Å². The van der Waals surface area contributed by atoms with E-state index in [0.717, 1.165) is 22.0 Å². The molecule has 0 aliphatic carbocycles. The molecule has 29 heavy (non-hydrogen) atoms. The summed E-state index contributed by atoms with van der Waals surface area (Å²) in [5.41, 5.74) is 1.37. The zero-order valence-corrected chi connectivity index (χ0v) is 16.9. The van der Waals surface area contributed by atoms with E-state index in [2.05, 4.69) is 4.98 Å². The van der Waals surface area contributed by atoms with Crippen molar-refractivity contribution in [3.8, 4) is 5.75 Å². The molecular weight excluding hydrogens is 410 g/mol. The molecule has 2 aromatic carbocycles. The third-order valence-electron chi connectivity index (χ3n) is 4.15. The van der Waals surface area contributed by atoms with Crippen LogP contribution in [0.4, 0.5) is 0 Å². The SMILES string of the molecule is COc1ccc2occ(C=C(SCC(=O)O)c3nc4ccccc4s3)c(=O)c2c1. The number of nitrogens with zero attached hydrogens (tertiary/aromatic N) is 1. The van der Waals surface area contributed by atoms with Crippen LogP contribution in [-0.2, 0) is 4.79 Å². The number of hydrogen-bond acceptors (Lipinski definition) is 7. The van der Waals surface area contributed by atoms with Crippen LogP contribution in [0.3, 0.4) is 0 Å². The van der Waals surface area contributed by atoms with Gasteiger partial charge in [0, 0.05) is 4.91 Å². The molecule has 0 atom stereocenters. The minimum atomic E-state index is -0.947. The van der Waals surface area contributed by atoms with Crippen molar-refractivity contribution >= 4 is 61.2 Å². The fraction of sp³-hybridized carbons (Fsp3) is 0.0952. The lowest BCUT2D eigenvalue weighted by atomic mass is 10.1. The second kappa shape index (κ2) is 8.10. The molecule has 2 aromatic heterocycles. The Balaban J connectivity index is 1.84. The Hall–Kier alpha value is -3.10. The number of carboxylic acid groups (broad SMARTS) is 1. The monoisotopic (exact) mass is 425 g/mol. The molecule has 1 N–H and O–H groups in total. The van der Waals surface area contributed by atoms with Crippen molar-refractivity contribution in [2.24, 2.45) is 0 Å². The van der Waals surface area contributed by atoms with E-state index in [9.17, 15) is 9.59 Å². The molecule has 0 aliphatic heterocycles. The van der Waals surface area contributed by atoms with E-state index in [0.29, 0.717) is 32.2 Å². The summed E-state index contributed by atoms with van der Waals surface area (Å²) < 4.78 is 11.8. The summed E-state index contributed by atoms with van der Waals surface area (Å²) in [5.74, 6) is -0.538. The van der Waals surface area contributed by atoms with Gasteiger partial charge in [0.1, 0.15) is 22.6 Å². The molecule has 0 bridgehead atoms. The van der Waals surface area contributed by atoms with Crippen molar-refractivity contribution in [2.75, 3.05) is 12.9 Å². The quantitative estimate of drug-likeness (QED) is 0.478. The zero-order valence-electron chi connectivity index (χ0n) is 15.2. The summed E-state index contributed by atoms with van der Waals surface area (Å²) in [7, 11) is 1.53. The van der Waals surface area contributed by atoms with E-state index in [1.54, 1.807) is 24.3 Å². The topological polar surface area (TPSA) is 89.6 Å². The number of rotatable bonds is 6. The number of hydrogen-bond donors (Lipinski definition) is 1. The molecule has 0 spiro atoms. The minimum Gasteiger partial charge on any atom is -0.497 e. The van der Waals surface area contributed by atoms with Crippen LogP contribution in [0.5, 0.6) is 5.75 Å². The molecule has 2 heterocycles. The van der Waals surface area contributed by atoms with Crippen LogP contribution in [0.15, 0.2) is 57.9 Å². The Morgan fingerprint density at radius 2 is 2.14 bits per heavy atom. The number of fused-ring (bicyclic) bond motifs is 2. The largest absolute Gasteiger partial charge is 0.497 e. The van der Waals surface area contributed by atoms with Gasteiger partial charge in [-0.1, -0.05) is 12.1 Å². The lowest BCUT2D eigenvalue weighted by molar-refractivity contribution is -0.133. The standard InChI is InChI=1S/C21H15NO5S2/c1-26-13-6-7-16-14(9-13)20(25)12(10-27-16)8-18(28-11-19(23)24)21-22-15-4-2-3-5-17(15)29-21/h2-10H,11H2,1H3,(H,23,24). The molecule has 6 nitrogen and oxygen atoms in total. The molecular formula is C21H15NO5S2. The molecule has 0 fully saturated rings. The first-order valence-corrected chi connectivity index (χ1v) is 10.4. The number of para-hydroxylation sites is 1. The molecule has 4 aromatic rings. The van der Waals surface area contributed by atoms with Crippen LogP contribution >= 0.6 is 23.1 Å². The lowest BCUT2D eigenvalue weighted by Gasteiger charge is -2.04. The average Bonchev–Trinajstić information content (AvgIpc) is 3.16. The number of methoxy groups -OCH3 is 1. The second-order valence-corrected chi connectivity index (χ2v) is 8.11. The van der Waals surface area contributed by atoms with Crippen LogP contribution < -0.4 is 10.2 Å². The highest BCUT2D eigenvalue weighted by Gasteiger charge is 2.14. The Morgan fingerprint density at radius 3 is 2.90 bits per heavy atom. The molecule has 0 saturated carbocycles. The molecule has 146 valence electrons. The highest BCUT2D eigenvalue weighted by molar-refractivity contribution is 8.09. The van der Waals surface area contributed by atoms with Gasteiger partial charge in [-0.15, -0.1) is 23.1 Å². The van der Waals surface area contributed by atoms with Crippen LogP contribution in [0.2, 0.25) is 0 Å². The fourth-order valence-electron chi connectivity index (χ4n) is 2.78. The number of aromatic nitrogens is 1. The van der Waals surface area contributed by atoms with Gasteiger partial charge in [-0.05, 0) is 36.4 Å². The first-order valence-electron chi connectivity index (χ1n) is 8.57. The fourth-order valence-corrected chi connectivity index (χ4v) is 4.61. The summed E-state index contributed by atoms with van der Waals surface area (Å²) in [6, 6.07) is 12.7. The lowest BCUT2D eigenvalue weighted by Crippen LogP contribution is -2.05. The van der Waals surface area contributed by atoms with Crippen molar-refractivity contribution in [1.29, 1.82) is 0 Å². The summed E-state index contributed by atoms with van der Waals surface area (Å²) >= 11 is 2.56. The Labute approximate surface area is 173 Å². The maximum Gasteiger partial charge on any atom is 0.313 e. The van der Waals surface area contributed by atoms with Crippen LogP contribution in [0, 0.1) is 0 Å². The van der Waals surface area contributed by atoms with E-state index < -0.39 is 5.97 Å². The molecule has 0 amide bonds. The van der Waals surface area contributed by atoms with Crippen LogP contribution in [0.25, 0.3) is 32.2 Å². The molecule has 0 radical (unpaired) electrons. The summed E-state index contributed by atoms with van der Waals surface area (Å²) in [6.07, 6.45) is 3.02. The maximum absolute atomic E-state index is 13.0. The normalized spacial score (nSPS) is 11.8. The van der Waals surface area contributed by atoms with Gasteiger partial charge in [-0.3, -0.25) is 9.59 Å². The van der Waals surface area contributed by atoms with E-state index in [1.807, 2.05) is 24.3 Å². The number of ether oxygens (including phenoxy) is 1. The van der Waals surface area contributed by atoms with Crippen LogP contribution in [0.1, 0.15) is 10.6 Å². The third-order valence-corrected chi connectivity index (χ3v) is 6.36. The van der Waals surface area contributed by atoms with Gasteiger partial charge in [-0.25, -0.2) is 4.98 Å². The number of benzene rings is 2. The zero-order chi connectivity index (χ0) is 20.4. The number of aliphatic carboxylic acids is 1. The summed E-state index contributed by atoms with van der Waals surface area (Å²) in [6.45, 7) is 0. The molecule has 0 saturated heterocycles. The predicted octanol–water partition coefficient (Wildman–Crippen LogP) is 4.73. The van der Waals surface area contributed by atoms with Crippen molar-refractivity contribution in [1.82, 2.24) is 4.98 Å². The van der Waals surface area contributed by atoms with Crippen molar-refractivity contribution in [3.05, 3.63) is 69.5 Å². The number of carbonyl (C=O) groups is 1. The van der Waals surface area contributed by atoms with Gasteiger partial charge in [0.15, 0.2) is 5.43 Å². The summed E-state index contributed by atoms with van der Waals surface area (Å²) in [4.78, 5) is 29.3. The molecule has 0 unspecified atom stereocenters. The Kier molecular flexibility index (Phi) is 5.37. The maximum atomic E-state index is 13.0. The van der Waals surface area contributed by atoms with Gasteiger partial charge in [-0.2, -0.15) is 0 Å². The van der Waals surface area contributed by atoms with Gasteiger partial charge < -0.3 is 14.3 Å². The highest BCUT2D eigenvalue weighted by atomic mass is 32.2. The van der Waals surface area contributed by atoms with Gasteiger partial charge in [0.05, 0.1) is 34.0 Å². The predicted molar refractivity (Wildman–Crippen MR) is 117 cm³/mol. The van der Waals surface area contributed by atoms with E-state index in [4.69, 9.17) is 14.3 Å². The Bertz CT molecular complexity index is 1270. The first-order chi connectivity index (χ1) is 14.0. The van der Waals surface area contributed by atoms with Gasteiger partial charge in [0.25, 0.3) is 0 Å². The third kappa shape index (κ3) is 4.03. The smallest absolute Gasteiger partial charge is 0.313 e. The molecule has 8 heteroatoms. The Morgan fingerprint density at radius 1 is 1.31 bits per heavy atom.